The fraction of sp³-hybridized carbons (Fsp3) is 0.529. The van der Waals surface area contributed by atoms with E-state index in [1.165, 1.54) is 0 Å². The van der Waals surface area contributed by atoms with Gasteiger partial charge in [0.2, 0.25) is 0 Å². The third kappa shape index (κ3) is 5.43. The lowest BCUT2D eigenvalue weighted by atomic mass is 10.2. The maximum absolute atomic E-state index is 11.9. The summed E-state index contributed by atoms with van der Waals surface area (Å²) < 4.78 is 10.4. The summed E-state index contributed by atoms with van der Waals surface area (Å²) in [6.07, 6.45) is 3.43. The second-order valence-electron chi connectivity index (χ2n) is 5.82. The SMILES string of the molecule is Cc1cc(OCC(=O)O[C@H](C)C(=O)NC2CCCC2)ccc1Cl. The number of benzene rings is 1. The van der Waals surface area contributed by atoms with Crippen LogP contribution in [0.3, 0.4) is 0 Å². The molecule has 0 saturated heterocycles. The Morgan fingerprint density at radius 3 is 2.70 bits per heavy atom. The molecule has 0 radical (unpaired) electrons. The molecule has 0 aromatic heterocycles. The Balaban J connectivity index is 1.74. The number of amides is 1. The van der Waals surface area contributed by atoms with Crippen LogP contribution in [0.4, 0.5) is 0 Å². The molecular formula is C17H22ClNO4. The van der Waals surface area contributed by atoms with E-state index in [4.69, 9.17) is 21.1 Å². The van der Waals surface area contributed by atoms with Gasteiger partial charge in [-0.05, 0) is 50.5 Å². The highest BCUT2D eigenvalue weighted by molar-refractivity contribution is 6.31. The average molecular weight is 340 g/mol. The number of hydrogen-bond acceptors (Lipinski definition) is 4. The van der Waals surface area contributed by atoms with Crippen LogP contribution in [0, 0.1) is 6.92 Å². The quantitative estimate of drug-likeness (QED) is 0.809. The molecule has 5 nitrogen and oxygen atoms in total. The lowest BCUT2D eigenvalue weighted by molar-refractivity contribution is -0.156. The molecule has 1 aliphatic rings. The lowest BCUT2D eigenvalue weighted by Gasteiger charge is -2.17. The highest BCUT2D eigenvalue weighted by Gasteiger charge is 2.23. The number of halogens is 1. The number of ether oxygens (including phenoxy) is 2. The number of rotatable bonds is 6. The minimum Gasteiger partial charge on any atom is -0.482 e. The first-order valence-electron chi connectivity index (χ1n) is 7.84. The summed E-state index contributed by atoms with van der Waals surface area (Å²) in [7, 11) is 0. The molecule has 0 unspecified atom stereocenters. The molecule has 1 saturated carbocycles. The van der Waals surface area contributed by atoms with Crippen LogP contribution in [0.1, 0.15) is 38.2 Å². The minimum absolute atomic E-state index is 0.206. The molecular weight excluding hydrogens is 318 g/mol. The summed E-state index contributed by atoms with van der Waals surface area (Å²) >= 11 is 5.93. The largest absolute Gasteiger partial charge is 0.482 e. The van der Waals surface area contributed by atoms with Gasteiger partial charge in [0, 0.05) is 11.1 Å². The van der Waals surface area contributed by atoms with Gasteiger partial charge in [-0.2, -0.15) is 0 Å². The van der Waals surface area contributed by atoms with Crippen LogP contribution in [-0.2, 0) is 14.3 Å². The van der Waals surface area contributed by atoms with Gasteiger partial charge in [0.05, 0.1) is 0 Å². The molecule has 1 amide bonds. The number of nitrogens with one attached hydrogen (secondary N) is 1. The smallest absolute Gasteiger partial charge is 0.344 e. The fourth-order valence-corrected chi connectivity index (χ4v) is 2.64. The van der Waals surface area contributed by atoms with Crippen LogP contribution < -0.4 is 10.1 Å². The molecule has 23 heavy (non-hydrogen) atoms. The first-order chi connectivity index (χ1) is 11.0. The van der Waals surface area contributed by atoms with E-state index in [0.29, 0.717) is 10.8 Å². The molecule has 0 spiro atoms. The van der Waals surface area contributed by atoms with Gasteiger partial charge < -0.3 is 14.8 Å². The number of aryl methyl sites for hydroxylation is 1. The zero-order valence-electron chi connectivity index (χ0n) is 13.4. The number of hydrogen-bond donors (Lipinski definition) is 1. The topological polar surface area (TPSA) is 64.6 Å². The van der Waals surface area contributed by atoms with Gasteiger partial charge >= 0.3 is 5.97 Å². The summed E-state index contributed by atoms with van der Waals surface area (Å²) in [6, 6.07) is 5.33. The van der Waals surface area contributed by atoms with Gasteiger partial charge in [0.15, 0.2) is 12.7 Å². The zero-order chi connectivity index (χ0) is 16.8. The second kappa shape index (κ2) is 8.20. The molecule has 0 bridgehead atoms. The van der Waals surface area contributed by atoms with E-state index in [-0.39, 0.29) is 18.6 Å². The molecule has 1 aromatic carbocycles. The molecule has 1 aliphatic carbocycles. The van der Waals surface area contributed by atoms with Gasteiger partial charge in [-0.3, -0.25) is 4.79 Å². The van der Waals surface area contributed by atoms with E-state index < -0.39 is 12.1 Å². The van der Waals surface area contributed by atoms with E-state index in [2.05, 4.69) is 5.32 Å². The first kappa shape index (κ1) is 17.6. The van der Waals surface area contributed by atoms with Crippen LogP contribution in [0.5, 0.6) is 5.75 Å². The Hall–Kier alpha value is -1.75. The first-order valence-corrected chi connectivity index (χ1v) is 8.22. The van der Waals surface area contributed by atoms with E-state index in [1.807, 2.05) is 6.92 Å². The van der Waals surface area contributed by atoms with Crippen LogP contribution in [0.25, 0.3) is 0 Å². The van der Waals surface area contributed by atoms with Gasteiger partial charge in [0.1, 0.15) is 5.75 Å². The van der Waals surface area contributed by atoms with Crippen LogP contribution >= 0.6 is 11.6 Å². The van der Waals surface area contributed by atoms with E-state index in [9.17, 15) is 9.59 Å². The Morgan fingerprint density at radius 1 is 1.35 bits per heavy atom. The number of carbonyl (C=O) groups is 2. The Morgan fingerprint density at radius 2 is 2.04 bits per heavy atom. The van der Waals surface area contributed by atoms with Gasteiger partial charge in [0.25, 0.3) is 5.91 Å². The fourth-order valence-electron chi connectivity index (χ4n) is 2.52. The highest BCUT2D eigenvalue weighted by atomic mass is 35.5. The summed E-state index contributed by atoms with van der Waals surface area (Å²) in [5, 5.41) is 3.54. The van der Waals surface area contributed by atoms with Gasteiger partial charge in [-0.15, -0.1) is 0 Å². The standard InChI is InChI=1S/C17H22ClNO4/c1-11-9-14(7-8-15(11)18)22-10-16(20)23-12(2)17(21)19-13-5-3-4-6-13/h7-9,12-13H,3-6,10H2,1-2H3,(H,19,21)/t12-/m1/s1. The minimum atomic E-state index is -0.821. The average Bonchev–Trinajstić information content (AvgIpc) is 3.01. The third-order valence-corrected chi connectivity index (χ3v) is 4.29. The van der Waals surface area contributed by atoms with Crippen LogP contribution in [0.2, 0.25) is 5.02 Å². The molecule has 6 heteroatoms. The van der Waals surface area contributed by atoms with Crippen molar-refractivity contribution in [1.82, 2.24) is 5.32 Å². The van der Waals surface area contributed by atoms with Crippen molar-refractivity contribution in [2.45, 2.75) is 51.7 Å². The molecule has 1 fully saturated rings. The van der Waals surface area contributed by atoms with Crippen molar-refractivity contribution in [1.29, 1.82) is 0 Å². The van der Waals surface area contributed by atoms with Crippen molar-refractivity contribution in [3.8, 4) is 5.75 Å². The van der Waals surface area contributed by atoms with Crippen molar-refractivity contribution in [2.75, 3.05) is 6.61 Å². The van der Waals surface area contributed by atoms with Crippen molar-refractivity contribution in [3.63, 3.8) is 0 Å². The van der Waals surface area contributed by atoms with Gasteiger partial charge in [-0.1, -0.05) is 24.4 Å². The summed E-state index contributed by atoms with van der Waals surface area (Å²) in [4.78, 5) is 23.7. The van der Waals surface area contributed by atoms with Crippen molar-refractivity contribution in [2.24, 2.45) is 0 Å². The molecule has 0 heterocycles. The van der Waals surface area contributed by atoms with E-state index in [1.54, 1.807) is 25.1 Å². The maximum atomic E-state index is 11.9. The van der Waals surface area contributed by atoms with Crippen molar-refractivity contribution in [3.05, 3.63) is 28.8 Å². The van der Waals surface area contributed by atoms with Gasteiger partial charge in [-0.25, -0.2) is 4.79 Å². The maximum Gasteiger partial charge on any atom is 0.344 e. The normalized spacial score (nSPS) is 16.0. The second-order valence-corrected chi connectivity index (χ2v) is 6.23. The lowest BCUT2D eigenvalue weighted by Crippen LogP contribution is -2.41. The number of esters is 1. The molecule has 1 atom stereocenters. The Kier molecular flexibility index (Phi) is 6.28. The van der Waals surface area contributed by atoms with E-state index >= 15 is 0 Å². The van der Waals surface area contributed by atoms with Crippen molar-refractivity contribution < 1.29 is 19.1 Å². The molecule has 1 N–H and O–H groups in total. The molecule has 0 aliphatic heterocycles. The predicted octanol–water partition coefficient (Wildman–Crippen LogP) is 3.02. The van der Waals surface area contributed by atoms with E-state index in [0.717, 1.165) is 31.2 Å². The zero-order valence-corrected chi connectivity index (χ0v) is 14.2. The summed E-state index contributed by atoms with van der Waals surface area (Å²) in [5.41, 5.74) is 0.863. The molecule has 2 rings (SSSR count). The summed E-state index contributed by atoms with van der Waals surface area (Å²) in [6.45, 7) is 3.17. The molecule has 1 aromatic rings. The summed E-state index contributed by atoms with van der Waals surface area (Å²) in [5.74, 6) is -0.300. The Labute approximate surface area is 141 Å². The highest BCUT2D eigenvalue weighted by Crippen LogP contribution is 2.21. The third-order valence-electron chi connectivity index (χ3n) is 3.87. The predicted molar refractivity (Wildman–Crippen MR) is 87.6 cm³/mol. The van der Waals surface area contributed by atoms with Crippen molar-refractivity contribution >= 4 is 23.5 Å². The molecule has 126 valence electrons. The van der Waals surface area contributed by atoms with Crippen LogP contribution in [0.15, 0.2) is 18.2 Å². The van der Waals surface area contributed by atoms with Crippen LogP contribution in [-0.4, -0.2) is 30.6 Å². The number of carbonyl (C=O) groups excluding carboxylic acids is 2. The Bertz CT molecular complexity index is 570. The monoisotopic (exact) mass is 339 g/mol.